The Morgan fingerprint density at radius 3 is 1.93 bits per heavy atom. The number of ether oxygens (including phenoxy) is 4. The molecule has 0 amide bonds. The lowest BCUT2D eigenvalue weighted by molar-refractivity contribution is -0.166. The summed E-state index contributed by atoms with van der Waals surface area (Å²) in [7, 11) is 0. The van der Waals surface area contributed by atoms with E-state index in [1.165, 1.54) is 57.1 Å². The highest BCUT2D eigenvalue weighted by molar-refractivity contribution is 5.91. The Hall–Kier alpha value is -3.58. The summed E-state index contributed by atoms with van der Waals surface area (Å²) >= 11 is 0. The van der Waals surface area contributed by atoms with Crippen molar-refractivity contribution in [3.8, 4) is 16.9 Å². The van der Waals surface area contributed by atoms with Gasteiger partial charge in [-0.2, -0.15) is 0 Å². The van der Waals surface area contributed by atoms with Crippen LogP contribution in [-0.4, -0.2) is 42.5 Å². The molecule has 0 bridgehead atoms. The maximum atomic E-state index is 13.2. The molecule has 7 heteroatoms. The average molecular weight is 607 g/mol. The van der Waals surface area contributed by atoms with Crippen molar-refractivity contribution in [1.29, 1.82) is 0 Å². The Morgan fingerprint density at radius 2 is 1.36 bits per heavy atom. The van der Waals surface area contributed by atoms with Crippen LogP contribution in [0, 0.1) is 5.92 Å². The molecule has 2 atom stereocenters. The molecular weight excluding hydrogens is 556 g/mol. The molecule has 3 rings (SSSR count). The lowest BCUT2D eigenvalue weighted by Crippen LogP contribution is -2.49. The summed E-state index contributed by atoms with van der Waals surface area (Å²) in [6.07, 6.45) is 14.3. The predicted octanol–water partition coefficient (Wildman–Crippen LogP) is 9.12. The highest BCUT2D eigenvalue weighted by Crippen LogP contribution is 2.41. The van der Waals surface area contributed by atoms with Gasteiger partial charge in [0.25, 0.3) is 0 Å². The van der Waals surface area contributed by atoms with Crippen LogP contribution in [0.2, 0.25) is 0 Å². The number of benzene rings is 2. The number of hydrogen-bond acceptors (Lipinski definition) is 6. The Bertz CT molecular complexity index is 1230. The van der Waals surface area contributed by atoms with E-state index in [9.17, 15) is 14.7 Å². The molecule has 0 saturated heterocycles. The second-order valence-electron chi connectivity index (χ2n) is 11.2. The number of hydrogen-bond donors (Lipinski definition) is 1. The van der Waals surface area contributed by atoms with Crippen LogP contribution in [0.4, 0.5) is 0 Å². The van der Waals surface area contributed by atoms with E-state index in [0.717, 1.165) is 29.9 Å². The van der Waals surface area contributed by atoms with Crippen LogP contribution >= 0.6 is 0 Å². The van der Waals surface area contributed by atoms with Crippen LogP contribution in [0.3, 0.4) is 0 Å². The van der Waals surface area contributed by atoms with Crippen molar-refractivity contribution >= 4 is 11.9 Å². The van der Waals surface area contributed by atoms with Gasteiger partial charge in [0.15, 0.2) is 11.4 Å². The zero-order valence-electron chi connectivity index (χ0n) is 26.9. The molecule has 1 aliphatic carbocycles. The van der Waals surface area contributed by atoms with Crippen LogP contribution < -0.4 is 4.74 Å². The van der Waals surface area contributed by atoms with Crippen molar-refractivity contribution in [3.63, 3.8) is 0 Å². The van der Waals surface area contributed by atoms with Gasteiger partial charge in [0.05, 0.1) is 24.7 Å². The summed E-state index contributed by atoms with van der Waals surface area (Å²) in [6, 6.07) is 15.2. The minimum atomic E-state index is -1.58. The summed E-state index contributed by atoms with van der Waals surface area (Å²) < 4.78 is 23.4. The van der Waals surface area contributed by atoms with Gasteiger partial charge in [0.2, 0.25) is 0 Å². The van der Waals surface area contributed by atoms with Gasteiger partial charge in [-0.15, -0.1) is 0 Å². The van der Waals surface area contributed by atoms with E-state index in [1.807, 2.05) is 50.2 Å². The van der Waals surface area contributed by atoms with E-state index in [0.29, 0.717) is 30.8 Å². The highest BCUT2D eigenvalue weighted by Gasteiger charge is 2.50. The molecule has 0 saturated carbocycles. The third kappa shape index (κ3) is 9.46. The lowest BCUT2D eigenvalue weighted by atomic mass is 9.78. The first kappa shape index (κ1) is 34.9. The fraction of sp³-hybridized carbons (Fsp3) is 0.514. The van der Waals surface area contributed by atoms with Crippen LogP contribution in [0.25, 0.3) is 11.1 Å². The van der Waals surface area contributed by atoms with Gasteiger partial charge in [0.1, 0.15) is 11.5 Å². The SMILES string of the molecule is CCCCCCCCCCOc1ccc(-c2ccc(C(=O)OC3=C(OCC)C(CCC)C(OCC)(C(=O)O)C=C3)cc2)cc1. The number of aliphatic carboxylic acids is 1. The van der Waals surface area contributed by atoms with Crippen molar-refractivity contribution < 1.29 is 33.6 Å². The number of carboxylic acid groups (broad SMARTS) is 1. The first-order valence-corrected chi connectivity index (χ1v) is 16.4. The summed E-state index contributed by atoms with van der Waals surface area (Å²) in [6.45, 7) is 9.01. The van der Waals surface area contributed by atoms with Gasteiger partial charge in [-0.1, -0.05) is 89.5 Å². The number of carbonyl (C=O) groups excluding carboxylic acids is 1. The van der Waals surface area contributed by atoms with E-state index in [-0.39, 0.29) is 12.4 Å². The fourth-order valence-corrected chi connectivity index (χ4v) is 5.61. The second kappa shape index (κ2) is 18.3. The third-order valence-corrected chi connectivity index (χ3v) is 7.93. The number of carbonyl (C=O) groups is 2. The smallest absolute Gasteiger partial charge is 0.343 e. The number of esters is 1. The zero-order chi connectivity index (χ0) is 31.8. The Balaban J connectivity index is 1.61. The summed E-state index contributed by atoms with van der Waals surface area (Å²) in [5.74, 6) is -0.899. The average Bonchev–Trinajstić information content (AvgIpc) is 3.03. The van der Waals surface area contributed by atoms with Crippen molar-refractivity contribution in [2.75, 3.05) is 19.8 Å². The first-order chi connectivity index (χ1) is 21.4. The van der Waals surface area contributed by atoms with E-state index in [4.69, 9.17) is 18.9 Å². The molecule has 2 aromatic rings. The van der Waals surface area contributed by atoms with E-state index >= 15 is 0 Å². The molecule has 1 N–H and O–H groups in total. The molecule has 1 aliphatic rings. The van der Waals surface area contributed by atoms with E-state index in [2.05, 4.69) is 6.92 Å². The van der Waals surface area contributed by atoms with E-state index < -0.39 is 23.5 Å². The molecule has 2 aromatic carbocycles. The maximum absolute atomic E-state index is 13.2. The topological polar surface area (TPSA) is 91.3 Å². The largest absolute Gasteiger partial charge is 0.494 e. The molecule has 0 aromatic heterocycles. The zero-order valence-corrected chi connectivity index (χ0v) is 26.9. The van der Waals surface area contributed by atoms with Gasteiger partial charge in [0, 0.05) is 6.61 Å². The van der Waals surface area contributed by atoms with Crippen LogP contribution in [0.1, 0.15) is 102 Å². The van der Waals surface area contributed by atoms with Crippen LogP contribution in [0.5, 0.6) is 5.75 Å². The van der Waals surface area contributed by atoms with Crippen molar-refractivity contribution in [2.45, 2.75) is 97.5 Å². The fourth-order valence-electron chi connectivity index (χ4n) is 5.61. The monoisotopic (exact) mass is 606 g/mol. The Kier molecular flexibility index (Phi) is 14.5. The molecule has 7 nitrogen and oxygen atoms in total. The Morgan fingerprint density at radius 1 is 0.750 bits per heavy atom. The number of carboxylic acids is 1. The molecular formula is C37H50O7. The van der Waals surface area contributed by atoms with Crippen LogP contribution in [0.15, 0.2) is 72.2 Å². The standard InChI is InChI=1S/C37H50O7/c1-5-9-10-11-12-13-14-15-27-42-31-23-21-29(22-24-31)28-17-19-30(20-18-28)35(38)44-33-25-26-37(36(39)40,43-8-4)32(16-6-2)34(33)41-7-3/h17-26,32H,5-16,27H2,1-4H3,(H,39,40). The molecule has 240 valence electrons. The van der Waals surface area contributed by atoms with Gasteiger partial charge >= 0.3 is 11.9 Å². The van der Waals surface area contributed by atoms with Gasteiger partial charge in [-0.25, -0.2) is 9.59 Å². The molecule has 0 aliphatic heterocycles. The quantitative estimate of drug-likeness (QED) is 0.119. The molecule has 0 radical (unpaired) electrons. The van der Waals surface area contributed by atoms with Crippen molar-refractivity contribution in [2.24, 2.45) is 5.92 Å². The summed E-state index contributed by atoms with van der Waals surface area (Å²) in [5, 5.41) is 10.1. The first-order valence-electron chi connectivity index (χ1n) is 16.4. The minimum absolute atomic E-state index is 0.207. The number of allylic oxidation sites excluding steroid dienone is 1. The molecule has 44 heavy (non-hydrogen) atoms. The molecule has 0 fully saturated rings. The molecule has 0 spiro atoms. The van der Waals surface area contributed by atoms with Crippen molar-refractivity contribution in [3.05, 3.63) is 77.8 Å². The Labute approximate surface area is 263 Å². The van der Waals surface area contributed by atoms with Crippen molar-refractivity contribution in [1.82, 2.24) is 0 Å². The minimum Gasteiger partial charge on any atom is -0.494 e. The molecule has 0 heterocycles. The molecule has 2 unspecified atom stereocenters. The number of unbranched alkanes of at least 4 members (excludes halogenated alkanes) is 7. The second-order valence-corrected chi connectivity index (χ2v) is 11.2. The summed E-state index contributed by atoms with van der Waals surface area (Å²) in [4.78, 5) is 25.5. The third-order valence-electron chi connectivity index (χ3n) is 7.93. The van der Waals surface area contributed by atoms with E-state index in [1.54, 1.807) is 19.1 Å². The lowest BCUT2D eigenvalue weighted by Gasteiger charge is -2.38. The normalized spacial score (nSPS) is 17.9. The van der Waals surface area contributed by atoms with Gasteiger partial charge in [-0.3, -0.25) is 0 Å². The van der Waals surface area contributed by atoms with Gasteiger partial charge < -0.3 is 24.1 Å². The highest BCUT2D eigenvalue weighted by atomic mass is 16.6. The van der Waals surface area contributed by atoms with Gasteiger partial charge in [-0.05, 0) is 74.2 Å². The number of rotatable bonds is 20. The van der Waals surface area contributed by atoms with Crippen LogP contribution in [-0.2, 0) is 19.0 Å². The predicted molar refractivity (Wildman–Crippen MR) is 174 cm³/mol. The summed E-state index contributed by atoms with van der Waals surface area (Å²) in [5.41, 5.74) is 0.780. The maximum Gasteiger partial charge on any atom is 0.343 e.